The molecule has 138 valence electrons. The number of rotatable bonds is 5. The molecule has 0 aliphatic carbocycles. The maximum atomic E-state index is 12.7. The number of methoxy groups -OCH3 is 1. The van der Waals surface area contributed by atoms with Crippen molar-refractivity contribution in [3.63, 3.8) is 0 Å². The predicted octanol–water partition coefficient (Wildman–Crippen LogP) is 2.33. The van der Waals surface area contributed by atoms with E-state index in [0.29, 0.717) is 13.0 Å². The van der Waals surface area contributed by atoms with Crippen molar-refractivity contribution in [2.45, 2.75) is 37.8 Å². The van der Waals surface area contributed by atoms with Crippen molar-refractivity contribution in [3.8, 4) is 5.75 Å². The molecular formula is C18H25ClN2O4. The zero-order chi connectivity index (χ0) is 17.1. The van der Waals surface area contributed by atoms with Crippen LogP contribution in [0.4, 0.5) is 0 Å². The Morgan fingerprint density at radius 3 is 2.48 bits per heavy atom. The fourth-order valence-electron chi connectivity index (χ4n) is 3.80. The number of hydrogen-bond donors (Lipinski definition) is 1. The van der Waals surface area contributed by atoms with Crippen molar-refractivity contribution in [2.24, 2.45) is 0 Å². The van der Waals surface area contributed by atoms with Crippen LogP contribution in [-0.2, 0) is 9.59 Å². The highest BCUT2D eigenvalue weighted by Crippen LogP contribution is 2.33. The standard InChI is InChI=1S/C18H24N2O4.ClH/c1-24-14-8-6-13(7-9-14)15-4-3-11-20(15)17(21)12-19-10-2-5-16(19)18(22)23;/h6-9,15-16H,2-5,10-12H2,1H3,(H,22,23);1H. The number of carboxylic acids is 1. The van der Waals surface area contributed by atoms with E-state index in [-0.39, 0.29) is 30.9 Å². The normalized spacial score (nSPS) is 23.3. The highest BCUT2D eigenvalue weighted by atomic mass is 35.5. The Hall–Kier alpha value is -1.79. The van der Waals surface area contributed by atoms with Gasteiger partial charge in [0.2, 0.25) is 5.91 Å². The van der Waals surface area contributed by atoms with Gasteiger partial charge in [-0.15, -0.1) is 12.4 Å². The Bertz CT molecular complexity index is 608. The van der Waals surface area contributed by atoms with Crippen LogP contribution in [0.3, 0.4) is 0 Å². The van der Waals surface area contributed by atoms with E-state index in [2.05, 4.69) is 0 Å². The molecule has 2 fully saturated rings. The highest BCUT2D eigenvalue weighted by Gasteiger charge is 2.35. The average molecular weight is 369 g/mol. The molecule has 2 atom stereocenters. The molecule has 2 saturated heterocycles. The zero-order valence-corrected chi connectivity index (χ0v) is 15.2. The maximum absolute atomic E-state index is 12.7. The SMILES string of the molecule is COc1ccc(C2CCCN2C(=O)CN2CCCC2C(=O)O)cc1.Cl. The van der Waals surface area contributed by atoms with Gasteiger partial charge in [-0.05, 0) is 49.9 Å². The summed E-state index contributed by atoms with van der Waals surface area (Å²) in [5, 5.41) is 9.26. The molecule has 1 amide bonds. The van der Waals surface area contributed by atoms with Crippen molar-refractivity contribution in [1.29, 1.82) is 0 Å². The molecule has 2 heterocycles. The van der Waals surface area contributed by atoms with Crippen LogP contribution in [-0.4, -0.2) is 59.6 Å². The van der Waals surface area contributed by atoms with E-state index in [1.165, 1.54) is 0 Å². The highest BCUT2D eigenvalue weighted by molar-refractivity contribution is 5.85. The first-order valence-corrected chi connectivity index (χ1v) is 8.50. The topological polar surface area (TPSA) is 70.1 Å². The Labute approximate surface area is 154 Å². The van der Waals surface area contributed by atoms with Gasteiger partial charge in [0.25, 0.3) is 0 Å². The fraction of sp³-hybridized carbons (Fsp3) is 0.556. The number of nitrogens with zero attached hydrogens (tertiary/aromatic N) is 2. The third-order valence-electron chi connectivity index (χ3n) is 5.06. The molecule has 1 aromatic rings. The maximum Gasteiger partial charge on any atom is 0.320 e. The van der Waals surface area contributed by atoms with E-state index in [0.717, 1.165) is 37.1 Å². The molecule has 0 bridgehead atoms. The summed E-state index contributed by atoms with van der Waals surface area (Å²) < 4.78 is 5.19. The van der Waals surface area contributed by atoms with Crippen LogP contribution in [0.25, 0.3) is 0 Å². The van der Waals surface area contributed by atoms with Crippen molar-refractivity contribution in [2.75, 3.05) is 26.7 Å². The monoisotopic (exact) mass is 368 g/mol. The van der Waals surface area contributed by atoms with Crippen molar-refractivity contribution < 1.29 is 19.4 Å². The van der Waals surface area contributed by atoms with Crippen LogP contribution in [0.15, 0.2) is 24.3 Å². The summed E-state index contributed by atoms with van der Waals surface area (Å²) in [6.45, 7) is 1.62. The van der Waals surface area contributed by atoms with Gasteiger partial charge in [-0.2, -0.15) is 0 Å². The molecule has 7 heteroatoms. The number of aliphatic carboxylic acids is 1. The Morgan fingerprint density at radius 2 is 1.84 bits per heavy atom. The summed E-state index contributed by atoms with van der Waals surface area (Å²) in [6.07, 6.45) is 3.39. The molecule has 0 radical (unpaired) electrons. The minimum absolute atomic E-state index is 0. The number of amides is 1. The number of carboxylic acid groups (broad SMARTS) is 1. The summed E-state index contributed by atoms with van der Waals surface area (Å²) in [4.78, 5) is 27.7. The molecule has 6 nitrogen and oxygen atoms in total. The van der Waals surface area contributed by atoms with E-state index in [9.17, 15) is 14.7 Å². The summed E-state index contributed by atoms with van der Waals surface area (Å²) in [5.41, 5.74) is 1.11. The predicted molar refractivity (Wildman–Crippen MR) is 96.2 cm³/mol. The van der Waals surface area contributed by atoms with E-state index < -0.39 is 12.0 Å². The minimum atomic E-state index is -0.826. The van der Waals surface area contributed by atoms with Crippen LogP contribution >= 0.6 is 12.4 Å². The van der Waals surface area contributed by atoms with Gasteiger partial charge in [0.1, 0.15) is 11.8 Å². The fourth-order valence-corrected chi connectivity index (χ4v) is 3.80. The van der Waals surface area contributed by atoms with Gasteiger partial charge in [-0.25, -0.2) is 0 Å². The molecule has 0 saturated carbocycles. The van der Waals surface area contributed by atoms with E-state index in [1.54, 1.807) is 12.0 Å². The number of halogens is 1. The summed E-state index contributed by atoms with van der Waals surface area (Å²) in [7, 11) is 1.63. The number of likely N-dealkylation sites (tertiary alicyclic amines) is 2. The first kappa shape index (κ1) is 19.5. The molecule has 0 aromatic heterocycles. The van der Waals surface area contributed by atoms with Crippen LogP contribution in [0, 0.1) is 0 Å². The first-order valence-electron chi connectivity index (χ1n) is 8.50. The number of benzene rings is 1. The van der Waals surface area contributed by atoms with E-state index >= 15 is 0 Å². The second-order valence-corrected chi connectivity index (χ2v) is 6.49. The molecular weight excluding hydrogens is 344 g/mol. The minimum Gasteiger partial charge on any atom is -0.497 e. The van der Waals surface area contributed by atoms with Gasteiger partial charge in [0.15, 0.2) is 0 Å². The molecule has 2 aliphatic rings. The molecule has 1 N–H and O–H groups in total. The van der Waals surface area contributed by atoms with Gasteiger partial charge in [-0.3, -0.25) is 14.5 Å². The van der Waals surface area contributed by atoms with E-state index in [4.69, 9.17) is 4.74 Å². The number of ether oxygens (including phenoxy) is 1. The Kier molecular flexibility index (Phi) is 6.67. The lowest BCUT2D eigenvalue weighted by Crippen LogP contribution is -2.44. The van der Waals surface area contributed by atoms with Crippen molar-refractivity contribution >= 4 is 24.3 Å². The summed E-state index contributed by atoms with van der Waals surface area (Å²) >= 11 is 0. The van der Waals surface area contributed by atoms with Gasteiger partial charge in [-0.1, -0.05) is 12.1 Å². The Balaban J connectivity index is 0.00000225. The number of carbonyl (C=O) groups is 2. The molecule has 2 aliphatic heterocycles. The molecule has 25 heavy (non-hydrogen) atoms. The van der Waals surface area contributed by atoms with Crippen LogP contribution in [0.2, 0.25) is 0 Å². The van der Waals surface area contributed by atoms with Gasteiger partial charge in [0.05, 0.1) is 19.7 Å². The Morgan fingerprint density at radius 1 is 1.16 bits per heavy atom. The number of hydrogen-bond acceptors (Lipinski definition) is 4. The lowest BCUT2D eigenvalue weighted by atomic mass is 10.0. The van der Waals surface area contributed by atoms with Gasteiger partial charge in [0, 0.05) is 6.54 Å². The largest absolute Gasteiger partial charge is 0.497 e. The van der Waals surface area contributed by atoms with Crippen molar-refractivity contribution in [3.05, 3.63) is 29.8 Å². The zero-order valence-electron chi connectivity index (χ0n) is 14.4. The smallest absolute Gasteiger partial charge is 0.320 e. The van der Waals surface area contributed by atoms with E-state index in [1.807, 2.05) is 29.2 Å². The van der Waals surface area contributed by atoms with Crippen LogP contribution in [0.1, 0.15) is 37.3 Å². The molecule has 0 spiro atoms. The molecule has 1 aromatic carbocycles. The third kappa shape index (κ3) is 4.25. The first-order chi connectivity index (χ1) is 11.6. The summed E-state index contributed by atoms with van der Waals surface area (Å²) in [5.74, 6) is 0.00545. The van der Waals surface area contributed by atoms with Crippen molar-refractivity contribution in [1.82, 2.24) is 9.80 Å². The van der Waals surface area contributed by atoms with Crippen LogP contribution in [0.5, 0.6) is 5.75 Å². The lowest BCUT2D eigenvalue weighted by molar-refractivity contribution is -0.143. The summed E-state index contributed by atoms with van der Waals surface area (Å²) in [6, 6.07) is 7.40. The van der Waals surface area contributed by atoms with Gasteiger partial charge >= 0.3 is 5.97 Å². The van der Waals surface area contributed by atoms with Crippen LogP contribution < -0.4 is 4.74 Å². The lowest BCUT2D eigenvalue weighted by Gasteiger charge is -2.28. The number of carbonyl (C=O) groups excluding carboxylic acids is 1. The second-order valence-electron chi connectivity index (χ2n) is 6.49. The molecule has 2 unspecified atom stereocenters. The molecule has 3 rings (SSSR count). The second kappa shape index (κ2) is 8.54. The van der Waals surface area contributed by atoms with Gasteiger partial charge < -0.3 is 14.7 Å². The average Bonchev–Trinajstić information content (AvgIpc) is 3.24. The third-order valence-corrected chi connectivity index (χ3v) is 5.06. The quantitative estimate of drug-likeness (QED) is 0.863.